The van der Waals surface area contributed by atoms with Crippen LogP contribution in [0.5, 0.6) is 17.2 Å². The Kier molecular flexibility index (Phi) is 36.3. The van der Waals surface area contributed by atoms with Gasteiger partial charge in [0.2, 0.25) is 0 Å². The molecule has 0 bridgehead atoms. The summed E-state index contributed by atoms with van der Waals surface area (Å²) in [5, 5.41) is 29.0. The van der Waals surface area contributed by atoms with Gasteiger partial charge in [-0.25, -0.2) is 4.79 Å². The number of methoxy groups -OCH3 is 3. The average Bonchev–Trinajstić information content (AvgIpc) is 1.55. The van der Waals surface area contributed by atoms with E-state index in [4.69, 9.17) is 90.4 Å². The number of carboxylic acid groups (broad SMARTS) is 1. The SMILES string of the molecule is COCCOCCOCCOc1ccc(C2(c3ccc(COCCOCCOCCO)c(COCCOCCOCCO)c3)c3cc(C)ccc3-c3ccc(-c4ccc(C)cc4-c4ccc(OCCOCCOCCOC)c(C(=O)O)c4)cc32)cc1OCCOCCOCCOC. The summed E-state index contributed by atoms with van der Waals surface area (Å²) >= 11 is 0. The third kappa shape index (κ3) is 24.7. The number of carbonyl (C=O) groups is 1. The standard InChI is InChI=1S/C75H100O22/c1-56-6-13-64(67(48-56)58-10-16-71(68(51-58)74(78)79)95-45-42-90-35-32-85-25-22-80-3)59-9-15-66-65-14-7-57(2)49-69(65)75(70(66)52-59,62-11-8-60(54-93-40-38-88-30-28-83-20-18-76)61(50-62)55-94-41-39-89-31-29-84-21-19-77)63-12-17-72(96-46-43-91-36-33-86-26-23-81-4)73(53-63)97-47-44-92-37-34-87-27-24-82-5/h6-17,48-53,76-77H,18-47,54-55H2,1-5H3,(H,78,79). The molecule has 0 saturated heterocycles. The lowest BCUT2D eigenvalue weighted by Gasteiger charge is -2.35. The summed E-state index contributed by atoms with van der Waals surface area (Å²) in [5.74, 6) is 0.109. The normalized spacial score (nSPS) is 13.3. The Morgan fingerprint density at radius 2 is 0.711 bits per heavy atom. The zero-order valence-corrected chi connectivity index (χ0v) is 57.1. The van der Waals surface area contributed by atoms with Gasteiger partial charge in [-0.2, -0.15) is 0 Å². The first-order valence-corrected chi connectivity index (χ1v) is 33.2. The molecule has 97 heavy (non-hydrogen) atoms. The van der Waals surface area contributed by atoms with Gasteiger partial charge in [-0.05, 0) is 111 Å². The van der Waals surface area contributed by atoms with Gasteiger partial charge in [-0.1, -0.05) is 90.0 Å². The Labute approximate surface area is 571 Å². The highest BCUT2D eigenvalue weighted by molar-refractivity contribution is 5.95. The maximum absolute atomic E-state index is 13.1. The van der Waals surface area contributed by atoms with E-state index in [1.165, 1.54) is 0 Å². The maximum atomic E-state index is 13.1. The van der Waals surface area contributed by atoms with Crippen LogP contribution in [0.2, 0.25) is 0 Å². The maximum Gasteiger partial charge on any atom is 0.339 e. The quantitative estimate of drug-likeness (QED) is 0.0301. The molecule has 6 aromatic carbocycles. The lowest BCUT2D eigenvalue weighted by atomic mass is 9.66. The Bertz CT molecular complexity index is 3120. The topological polar surface area (TPSA) is 244 Å². The van der Waals surface area contributed by atoms with E-state index in [1.807, 2.05) is 19.1 Å². The van der Waals surface area contributed by atoms with Crippen molar-refractivity contribution in [2.75, 3.05) is 220 Å². The van der Waals surface area contributed by atoms with Crippen LogP contribution in [0.15, 0.2) is 109 Å². The number of hydrogen-bond donors (Lipinski definition) is 3. The van der Waals surface area contributed by atoms with E-state index in [1.54, 1.807) is 33.5 Å². The molecule has 0 spiro atoms. The van der Waals surface area contributed by atoms with E-state index in [0.717, 1.165) is 72.3 Å². The number of fused-ring (bicyclic) bond motifs is 3. The van der Waals surface area contributed by atoms with E-state index in [-0.39, 0.29) is 84.0 Å². The first kappa shape index (κ1) is 77.9. The van der Waals surface area contributed by atoms with Crippen LogP contribution in [0.1, 0.15) is 54.9 Å². The number of aromatic carboxylic acids is 1. The molecule has 0 aliphatic heterocycles. The predicted molar refractivity (Wildman–Crippen MR) is 365 cm³/mol. The molecular formula is C75H100O22. The van der Waals surface area contributed by atoms with Gasteiger partial charge in [0.15, 0.2) is 11.5 Å². The van der Waals surface area contributed by atoms with Gasteiger partial charge in [-0.15, -0.1) is 0 Å². The molecule has 7 rings (SSSR count). The summed E-state index contributed by atoms with van der Waals surface area (Å²) in [7, 11) is 4.88. The minimum Gasteiger partial charge on any atom is -0.490 e. The zero-order chi connectivity index (χ0) is 68.6. The highest BCUT2D eigenvalue weighted by atomic mass is 16.6. The summed E-state index contributed by atoms with van der Waals surface area (Å²) in [6.45, 7) is 14.2. The van der Waals surface area contributed by atoms with Crippen LogP contribution < -0.4 is 14.2 Å². The molecule has 0 heterocycles. The Morgan fingerprint density at radius 3 is 1.23 bits per heavy atom. The molecule has 22 nitrogen and oxygen atoms in total. The third-order valence-electron chi connectivity index (χ3n) is 15.7. The summed E-state index contributed by atoms with van der Waals surface area (Å²) in [6.07, 6.45) is 0. The van der Waals surface area contributed by atoms with Crippen LogP contribution in [-0.2, 0) is 89.7 Å². The van der Waals surface area contributed by atoms with E-state index >= 15 is 0 Å². The van der Waals surface area contributed by atoms with Gasteiger partial charge in [-0.3, -0.25) is 0 Å². The Balaban J connectivity index is 1.34. The van der Waals surface area contributed by atoms with E-state index in [9.17, 15) is 15.0 Å². The van der Waals surface area contributed by atoms with Crippen molar-refractivity contribution in [3.8, 4) is 50.6 Å². The number of aryl methyl sites for hydroxylation is 2. The fourth-order valence-corrected chi connectivity index (χ4v) is 11.0. The Morgan fingerprint density at radius 1 is 0.330 bits per heavy atom. The number of benzene rings is 6. The van der Waals surface area contributed by atoms with Crippen LogP contribution in [0, 0.1) is 13.8 Å². The van der Waals surface area contributed by atoms with Gasteiger partial charge in [0.05, 0.1) is 197 Å². The number of aliphatic hydroxyl groups is 2. The van der Waals surface area contributed by atoms with Crippen LogP contribution in [0.3, 0.4) is 0 Å². The van der Waals surface area contributed by atoms with Crippen molar-refractivity contribution in [3.05, 3.63) is 159 Å². The lowest BCUT2D eigenvalue weighted by Crippen LogP contribution is -2.29. The largest absolute Gasteiger partial charge is 0.490 e. The average molecular weight is 1350 g/mol. The first-order valence-electron chi connectivity index (χ1n) is 33.2. The van der Waals surface area contributed by atoms with E-state index in [0.29, 0.717) is 156 Å². The molecule has 532 valence electrons. The monoisotopic (exact) mass is 1350 g/mol. The highest BCUT2D eigenvalue weighted by Crippen LogP contribution is 2.58. The smallest absolute Gasteiger partial charge is 0.339 e. The van der Waals surface area contributed by atoms with Crippen molar-refractivity contribution in [2.24, 2.45) is 0 Å². The minimum absolute atomic E-state index is 0.0187. The molecule has 1 aliphatic rings. The molecule has 0 fully saturated rings. The van der Waals surface area contributed by atoms with Crippen molar-refractivity contribution in [1.82, 2.24) is 0 Å². The van der Waals surface area contributed by atoms with Crippen LogP contribution in [-0.4, -0.2) is 241 Å². The molecular weight excluding hydrogens is 1250 g/mol. The van der Waals surface area contributed by atoms with Crippen molar-refractivity contribution in [2.45, 2.75) is 32.5 Å². The van der Waals surface area contributed by atoms with Crippen molar-refractivity contribution in [3.63, 3.8) is 0 Å². The third-order valence-corrected chi connectivity index (χ3v) is 15.7. The highest BCUT2D eigenvalue weighted by Gasteiger charge is 2.47. The molecule has 0 saturated carbocycles. The predicted octanol–water partition coefficient (Wildman–Crippen LogP) is 8.96. The fraction of sp³-hybridized carbons (Fsp3) is 0.507. The number of ether oxygens (including phenoxy) is 18. The molecule has 0 amide bonds. The van der Waals surface area contributed by atoms with Crippen LogP contribution >= 0.6 is 0 Å². The van der Waals surface area contributed by atoms with Gasteiger partial charge in [0.1, 0.15) is 31.1 Å². The minimum atomic E-state index is -1.13. The van der Waals surface area contributed by atoms with Gasteiger partial charge < -0.3 is 101 Å². The second-order valence-corrected chi connectivity index (χ2v) is 22.5. The molecule has 1 aliphatic carbocycles. The first-order chi connectivity index (χ1) is 47.7. The van der Waals surface area contributed by atoms with Crippen LogP contribution in [0.25, 0.3) is 33.4 Å². The second-order valence-electron chi connectivity index (χ2n) is 22.5. The number of aliphatic hydroxyl groups excluding tert-OH is 2. The van der Waals surface area contributed by atoms with Crippen molar-refractivity contribution >= 4 is 5.97 Å². The molecule has 22 heteroatoms. The lowest BCUT2D eigenvalue weighted by molar-refractivity contribution is 0.00160. The van der Waals surface area contributed by atoms with Gasteiger partial charge in [0, 0.05) is 21.3 Å². The molecule has 0 radical (unpaired) electrons. The Hall–Kier alpha value is -6.49. The molecule has 0 aromatic heterocycles. The molecule has 3 N–H and O–H groups in total. The number of hydrogen-bond acceptors (Lipinski definition) is 21. The van der Waals surface area contributed by atoms with Crippen LogP contribution in [0.4, 0.5) is 0 Å². The number of carboxylic acids is 1. The number of rotatable bonds is 55. The second kappa shape index (κ2) is 45.2. The molecule has 6 aromatic rings. The molecule has 1 atom stereocenters. The molecule has 1 unspecified atom stereocenters. The summed E-state index contributed by atoms with van der Waals surface area (Å²) in [5.41, 5.74) is 12.0. The summed E-state index contributed by atoms with van der Waals surface area (Å²) in [4.78, 5) is 13.1. The van der Waals surface area contributed by atoms with Crippen molar-refractivity contribution < 1.29 is 105 Å². The summed E-state index contributed by atoms with van der Waals surface area (Å²) < 4.78 is 104. The fourth-order valence-electron chi connectivity index (χ4n) is 11.0. The van der Waals surface area contributed by atoms with Gasteiger partial charge >= 0.3 is 5.97 Å². The van der Waals surface area contributed by atoms with E-state index in [2.05, 4.69) is 91.9 Å². The van der Waals surface area contributed by atoms with Gasteiger partial charge in [0.25, 0.3) is 0 Å². The van der Waals surface area contributed by atoms with Crippen molar-refractivity contribution in [1.29, 1.82) is 0 Å². The zero-order valence-electron chi connectivity index (χ0n) is 57.1. The summed E-state index contributed by atoms with van der Waals surface area (Å²) in [6, 6.07) is 37.4. The van der Waals surface area contributed by atoms with E-state index < -0.39 is 11.4 Å².